The minimum absolute atomic E-state index is 0.171. The minimum Gasteiger partial charge on any atom is -0.378 e. The summed E-state index contributed by atoms with van der Waals surface area (Å²) in [6.07, 6.45) is 0. The highest BCUT2D eigenvalue weighted by atomic mass is 16.2. The Hall–Kier alpha value is -6.28. The number of hydrogen-bond acceptors (Lipinski definition) is 6. The molecule has 0 radical (unpaired) electrons. The van der Waals surface area contributed by atoms with E-state index in [1.165, 1.54) is 9.80 Å². The van der Waals surface area contributed by atoms with Gasteiger partial charge in [-0.05, 0) is 92.0 Å². The van der Waals surface area contributed by atoms with Crippen molar-refractivity contribution in [3.8, 4) is 0 Å². The van der Waals surface area contributed by atoms with E-state index in [1.807, 2.05) is 135 Å². The molecule has 2 aliphatic rings. The lowest BCUT2D eigenvalue weighted by molar-refractivity contribution is 0.0583. The second-order valence-corrected chi connectivity index (χ2v) is 13.7. The van der Waals surface area contributed by atoms with Gasteiger partial charge in [0, 0.05) is 72.6 Å². The van der Waals surface area contributed by atoms with E-state index in [2.05, 4.69) is 0 Å². The topological polar surface area (TPSA) is 81.2 Å². The molecule has 2 aliphatic heterocycles. The van der Waals surface area contributed by atoms with Crippen molar-refractivity contribution in [3.05, 3.63) is 130 Å². The Bertz CT molecular complexity index is 2320. The highest BCUT2D eigenvalue weighted by Crippen LogP contribution is 2.46. The van der Waals surface area contributed by atoms with Crippen molar-refractivity contribution in [2.45, 2.75) is 13.1 Å². The smallest absolute Gasteiger partial charge is 0.261 e. The third-order valence-electron chi connectivity index (χ3n) is 10.4. The molecular weight excluding hydrogens is 624 g/mol. The third kappa shape index (κ3) is 4.11. The zero-order valence-corrected chi connectivity index (χ0v) is 28.1. The highest BCUT2D eigenvalue weighted by molar-refractivity contribution is 6.41. The van der Waals surface area contributed by atoms with Crippen LogP contribution in [-0.2, 0) is 13.1 Å². The molecule has 4 amide bonds. The summed E-state index contributed by atoms with van der Waals surface area (Å²) >= 11 is 0. The third-order valence-corrected chi connectivity index (χ3v) is 10.4. The molecule has 9 rings (SSSR count). The number of hydrogen-bond donors (Lipinski definition) is 0. The van der Waals surface area contributed by atoms with Gasteiger partial charge < -0.3 is 9.80 Å². The van der Waals surface area contributed by atoms with Crippen molar-refractivity contribution >= 4 is 78.1 Å². The van der Waals surface area contributed by atoms with Crippen LogP contribution in [0.25, 0.3) is 43.1 Å². The summed E-state index contributed by atoms with van der Waals surface area (Å²) in [5, 5.41) is 6.44. The van der Waals surface area contributed by atoms with Gasteiger partial charge in [-0.2, -0.15) is 0 Å². The van der Waals surface area contributed by atoms with Gasteiger partial charge in [-0.15, -0.1) is 0 Å². The van der Waals surface area contributed by atoms with Crippen molar-refractivity contribution < 1.29 is 19.2 Å². The average Bonchev–Trinajstić information content (AvgIpc) is 3.12. The molecule has 0 saturated heterocycles. The molecule has 8 nitrogen and oxygen atoms in total. The fourth-order valence-electron chi connectivity index (χ4n) is 7.82. The Labute approximate surface area is 288 Å². The van der Waals surface area contributed by atoms with Gasteiger partial charge in [0.15, 0.2) is 0 Å². The van der Waals surface area contributed by atoms with Crippen LogP contribution < -0.4 is 9.80 Å². The van der Waals surface area contributed by atoms with Crippen molar-refractivity contribution in [1.29, 1.82) is 0 Å². The summed E-state index contributed by atoms with van der Waals surface area (Å²) in [7, 11) is 7.86. The van der Waals surface area contributed by atoms with E-state index in [-0.39, 0.29) is 36.7 Å². The van der Waals surface area contributed by atoms with Gasteiger partial charge in [-0.1, -0.05) is 48.5 Å². The van der Waals surface area contributed by atoms with Gasteiger partial charge in [0.2, 0.25) is 0 Å². The molecule has 0 saturated carbocycles. The average molecular weight is 657 g/mol. The van der Waals surface area contributed by atoms with E-state index in [1.54, 1.807) is 0 Å². The summed E-state index contributed by atoms with van der Waals surface area (Å²) in [5.74, 6) is -1.31. The molecule has 0 fully saturated rings. The molecule has 50 heavy (non-hydrogen) atoms. The fraction of sp³-hybridized carbons (Fsp3) is 0.143. The molecule has 0 spiro atoms. The van der Waals surface area contributed by atoms with E-state index in [0.717, 1.165) is 54.8 Å². The van der Waals surface area contributed by atoms with Crippen molar-refractivity contribution in [2.75, 3.05) is 38.0 Å². The molecule has 0 aliphatic carbocycles. The van der Waals surface area contributed by atoms with Gasteiger partial charge in [-0.25, -0.2) is 0 Å². The number of imide groups is 2. The number of carbonyl (C=O) groups excluding carboxylic acids is 4. The lowest BCUT2D eigenvalue weighted by Crippen LogP contribution is -2.40. The van der Waals surface area contributed by atoms with Crippen LogP contribution in [0.5, 0.6) is 0 Å². The normalized spacial score (nSPS) is 14.2. The van der Waals surface area contributed by atoms with E-state index >= 15 is 0 Å². The van der Waals surface area contributed by atoms with E-state index < -0.39 is 0 Å². The minimum atomic E-state index is -0.327. The second kappa shape index (κ2) is 10.6. The van der Waals surface area contributed by atoms with Crippen LogP contribution in [0.2, 0.25) is 0 Å². The summed E-state index contributed by atoms with van der Waals surface area (Å²) in [6, 6.07) is 30.6. The fourth-order valence-corrected chi connectivity index (χ4v) is 7.82. The van der Waals surface area contributed by atoms with E-state index in [4.69, 9.17) is 0 Å². The first-order valence-electron chi connectivity index (χ1n) is 16.6. The van der Waals surface area contributed by atoms with Crippen LogP contribution in [-0.4, -0.2) is 61.6 Å². The molecule has 8 heteroatoms. The predicted octanol–water partition coefficient (Wildman–Crippen LogP) is 7.46. The zero-order chi connectivity index (χ0) is 34.6. The van der Waals surface area contributed by atoms with Crippen LogP contribution in [0.3, 0.4) is 0 Å². The monoisotopic (exact) mass is 656 g/mol. The molecule has 7 aromatic rings. The molecule has 7 aromatic carbocycles. The number of rotatable bonds is 6. The van der Waals surface area contributed by atoms with Crippen LogP contribution in [0, 0.1) is 0 Å². The molecule has 0 bridgehead atoms. The molecular formula is C42H32N4O4. The number of amides is 4. The van der Waals surface area contributed by atoms with Crippen molar-refractivity contribution in [2.24, 2.45) is 0 Å². The maximum atomic E-state index is 14.0. The predicted molar refractivity (Wildman–Crippen MR) is 198 cm³/mol. The Morgan fingerprint density at radius 1 is 0.380 bits per heavy atom. The van der Waals surface area contributed by atoms with Crippen molar-refractivity contribution in [1.82, 2.24) is 9.80 Å². The molecule has 0 atom stereocenters. The van der Waals surface area contributed by atoms with Crippen molar-refractivity contribution in [3.63, 3.8) is 0 Å². The van der Waals surface area contributed by atoms with Gasteiger partial charge in [0.1, 0.15) is 0 Å². The molecule has 0 unspecified atom stereocenters. The van der Waals surface area contributed by atoms with Gasteiger partial charge >= 0.3 is 0 Å². The maximum absolute atomic E-state index is 14.0. The number of nitrogens with zero attached hydrogens (tertiary/aromatic N) is 4. The first-order valence-corrected chi connectivity index (χ1v) is 16.6. The first kappa shape index (κ1) is 29.8. The number of benzene rings is 7. The second-order valence-electron chi connectivity index (χ2n) is 13.7. The summed E-state index contributed by atoms with van der Waals surface area (Å²) < 4.78 is 0. The summed E-state index contributed by atoms with van der Waals surface area (Å²) in [4.78, 5) is 62.6. The molecule has 2 heterocycles. The first-order chi connectivity index (χ1) is 24.1. The number of carbonyl (C=O) groups is 4. The van der Waals surface area contributed by atoms with Crippen LogP contribution in [0.4, 0.5) is 11.4 Å². The highest BCUT2D eigenvalue weighted by Gasteiger charge is 2.37. The van der Waals surface area contributed by atoms with Crippen LogP contribution in [0.15, 0.2) is 97.1 Å². The Kier molecular flexibility index (Phi) is 6.33. The SMILES string of the molecule is CN(C)c1ccc(CN2C(=O)c3ccc4c5ccc6c7c(ccc(c8ccc(c3c48)C2=O)c75)C(=O)N(Cc2ccc(N(C)C)cc2)C6=O)cc1. The van der Waals surface area contributed by atoms with Gasteiger partial charge in [0.25, 0.3) is 23.6 Å². The standard InChI is InChI=1S/C42H32N4O4/c1-43(2)25-9-5-23(6-10-25)21-45-39(47)31-17-13-27-29-15-19-33-38-34(42(50)46(41(33)49)22-24-7-11-26(12-8-24)44(3)4)20-16-30(36(29)38)28-14-18-32(40(45)48)37(31)35(27)28/h5-20H,21-22H2,1-4H3. The van der Waals surface area contributed by atoms with Crippen LogP contribution in [0.1, 0.15) is 52.6 Å². The van der Waals surface area contributed by atoms with Crippen LogP contribution >= 0.6 is 0 Å². The largest absolute Gasteiger partial charge is 0.378 e. The molecule has 244 valence electrons. The van der Waals surface area contributed by atoms with E-state index in [0.29, 0.717) is 33.0 Å². The van der Waals surface area contributed by atoms with E-state index in [9.17, 15) is 19.2 Å². The maximum Gasteiger partial charge on any atom is 0.261 e. The Morgan fingerprint density at radius 2 is 0.660 bits per heavy atom. The zero-order valence-electron chi connectivity index (χ0n) is 28.1. The van der Waals surface area contributed by atoms with Gasteiger partial charge in [-0.3, -0.25) is 29.0 Å². The van der Waals surface area contributed by atoms with Gasteiger partial charge in [0.05, 0.1) is 13.1 Å². The molecule has 0 aromatic heterocycles. The quantitative estimate of drug-likeness (QED) is 0.105. The molecule has 0 N–H and O–H groups in total. The Balaban J connectivity index is 1.16. The lowest BCUT2D eigenvalue weighted by atomic mass is 9.82. The Morgan fingerprint density at radius 3 is 0.920 bits per heavy atom. The lowest BCUT2D eigenvalue weighted by Gasteiger charge is -2.30. The number of anilines is 2. The summed E-state index contributed by atoms with van der Waals surface area (Å²) in [6.45, 7) is 0.341. The summed E-state index contributed by atoms with van der Waals surface area (Å²) in [5.41, 5.74) is 5.74. The number of fused-ring (bicyclic) bond motifs is 2.